The molecule has 8 nitrogen and oxygen atoms in total. The van der Waals surface area contributed by atoms with Gasteiger partial charge in [0.05, 0.1) is 11.0 Å². The first kappa shape index (κ1) is 20.1. The average Bonchev–Trinajstić information content (AvgIpc) is 2.70. The summed E-state index contributed by atoms with van der Waals surface area (Å²) in [4.78, 5) is 28.1. The first-order chi connectivity index (χ1) is 13.0. The van der Waals surface area contributed by atoms with Crippen LogP contribution in [0, 0.1) is 11.3 Å². The van der Waals surface area contributed by atoms with Crippen molar-refractivity contribution in [1.29, 1.82) is 5.26 Å². The molecule has 2 rings (SSSR count). The van der Waals surface area contributed by atoms with Crippen molar-refractivity contribution < 1.29 is 18.0 Å². The molecule has 27 heavy (non-hydrogen) atoms. The molecule has 1 aromatic carbocycles. The fourth-order valence-electron chi connectivity index (χ4n) is 2.37. The number of nitriles is 1. The summed E-state index contributed by atoms with van der Waals surface area (Å²) in [6, 6.07) is 12.8. The van der Waals surface area contributed by atoms with E-state index in [2.05, 4.69) is 15.6 Å². The Balaban J connectivity index is 2.12. The van der Waals surface area contributed by atoms with E-state index in [0.717, 1.165) is 0 Å². The topological polar surface area (TPSA) is 129 Å². The standard InChI is InChI=1S/C18H18N4O4S/c19-9-13-22-18(24)16(27(25,26)15-6-10-20-11-7-15)8-12-21-17(23)14-4-2-1-3-5-14/h1-7,10-11,16H,8,12-13H2,(H,21,23)(H,22,24). The van der Waals surface area contributed by atoms with Gasteiger partial charge in [0.15, 0.2) is 9.84 Å². The average molecular weight is 386 g/mol. The number of sulfone groups is 1. The highest BCUT2D eigenvalue weighted by atomic mass is 32.2. The lowest BCUT2D eigenvalue weighted by atomic mass is 10.2. The Morgan fingerprint density at radius 3 is 2.37 bits per heavy atom. The van der Waals surface area contributed by atoms with Crippen molar-refractivity contribution in [2.24, 2.45) is 0 Å². The second-order valence-electron chi connectivity index (χ2n) is 5.50. The molecule has 0 saturated heterocycles. The Morgan fingerprint density at radius 1 is 1.07 bits per heavy atom. The van der Waals surface area contributed by atoms with Crippen molar-refractivity contribution in [3.63, 3.8) is 0 Å². The van der Waals surface area contributed by atoms with Crippen LogP contribution in [0.2, 0.25) is 0 Å². The SMILES string of the molecule is N#CCNC(=O)C(CCNC(=O)c1ccccc1)S(=O)(=O)c1ccncc1. The lowest BCUT2D eigenvalue weighted by Crippen LogP contribution is -2.42. The van der Waals surface area contributed by atoms with Gasteiger partial charge in [-0.1, -0.05) is 18.2 Å². The van der Waals surface area contributed by atoms with Crippen LogP contribution in [-0.4, -0.2) is 43.6 Å². The van der Waals surface area contributed by atoms with Gasteiger partial charge in [-0.3, -0.25) is 14.6 Å². The summed E-state index contributed by atoms with van der Waals surface area (Å²) in [6.07, 6.45) is 2.49. The normalized spacial score (nSPS) is 11.8. The zero-order valence-electron chi connectivity index (χ0n) is 14.3. The van der Waals surface area contributed by atoms with Crippen LogP contribution in [0.5, 0.6) is 0 Å². The summed E-state index contributed by atoms with van der Waals surface area (Å²) in [7, 11) is -4.01. The number of benzene rings is 1. The highest BCUT2D eigenvalue weighted by molar-refractivity contribution is 7.92. The van der Waals surface area contributed by atoms with Crippen molar-refractivity contribution in [3.8, 4) is 6.07 Å². The monoisotopic (exact) mass is 386 g/mol. The zero-order valence-corrected chi connectivity index (χ0v) is 15.1. The lowest BCUT2D eigenvalue weighted by molar-refractivity contribution is -0.120. The Labute approximate surface area is 157 Å². The first-order valence-corrected chi connectivity index (χ1v) is 9.63. The third kappa shape index (κ3) is 5.36. The molecule has 0 fully saturated rings. The predicted octanol–water partition coefficient (Wildman–Crippen LogP) is 0.684. The molecule has 140 valence electrons. The predicted molar refractivity (Wildman–Crippen MR) is 97.2 cm³/mol. The van der Waals surface area contributed by atoms with Crippen molar-refractivity contribution in [2.45, 2.75) is 16.6 Å². The van der Waals surface area contributed by atoms with E-state index in [1.54, 1.807) is 36.4 Å². The van der Waals surface area contributed by atoms with E-state index in [0.29, 0.717) is 5.56 Å². The van der Waals surface area contributed by atoms with Crippen molar-refractivity contribution in [1.82, 2.24) is 15.6 Å². The lowest BCUT2D eigenvalue weighted by Gasteiger charge is -2.17. The molecule has 0 bridgehead atoms. The molecule has 2 aromatic rings. The van der Waals surface area contributed by atoms with E-state index in [1.165, 1.54) is 24.5 Å². The first-order valence-electron chi connectivity index (χ1n) is 8.08. The quantitative estimate of drug-likeness (QED) is 0.642. The number of aromatic nitrogens is 1. The Bertz CT molecular complexity index is 925. The molecule has 0 spiro atoms. The Hall–Kier alpha value is -3.25. The van der Waals surface area contributed by atoms with Crippen molar-refractivity contribution in [2.75, 3.05) is 13.1 Å². The Kier molecular flexibility index (Phi) is 7.02. The van der Waals surface area contributed by atoms with Gasteiger partial charge < -0.3 is 10.6 Å². The fourth-order valence-corrected chi connectivity index (χ4v) is 3.99. The molecule has 2 amide bonds. The van der Waals surface area contributed by atoms with Crippen molar-refractivity contribution in [3.05, 3.63) is 60.4 Å². The molecule has 1 aromatic heterocycles. The molecule has 0 aliphatic rings. The number of rotatable bonds is 8. The third-order valence-corrected chi connectivity index (χ3v) is 5.84. The van der Waals surface area contributed by atoms with E-state index >= 15 is 0 Å². The van der Waals surface area contributed by atoms with E-state index in [-0.39, 0.29) is 30.3 Å². The van der Waals surface area contributed by atoms with Crippen LogP contribution in [0.3, 0.4) is 0 Å². The van der Waals surface area contributed by atoms with E-state index in [9.17, 15) is 18.0 Å². The molecule has 1 unspecified atom stereocenters. The molecule has 0 saturated carbocycles. The molecule has 0 aliphatic heterocycles. The maximum Gasteiger partial charge on any atom is 0.251 e. The van der Waals surface area contributed by atoms with Crippen LogP contribution in [-0.2, 0) is 14.6 Å². The summed E-state index contributed by atoms with van der Waals surface area (Å²) < 4.78 is 25.6. The molecular formula is C18H18N4O4S. The second-order valence-corrected chi connectivity index (χ2v) is 7.63. The zero-order chi connectivity index (χ0) is 19.7. The number of pyridine rings is 1. The van der Waals surface area contributed by atoms with E-state index < -0.39 is 21.0 Å². The number of hydrogen-bond acceptors (Lipinski definition) is 6. The highest BCUT2D eigenvalue weighted by Gasteiger charge is 2.33. The maximum absolute atomic E-state index is 12.8. The molecule has 9 heteroatoms. The van der Waals surface area contributed by atoms with Gasteiger partial charge in [-0.2, -0.15) is 5.26 Å². The fraction of sp³-hybridized carbons (Fsp3) is 0.222. The van der Waals surface area contributed by atoms with Crippen molar-refractivity contribution >= 4 is 21.7 Å². The van der Waals surface area contributed by atoms with Gasteiger partial charge in [-0.15, -0.1) is 0 Å². The number of nitrogens with one attached hydrogen (secondary N) is 2. The largest absolute Gasteiger partial charge is 0.352 e. The number of amides is 2. The molecule has 1 heterocycles. The van der Waals surface area contributed by atoms with Gasteiger partial charge in [-0.05, 0) is 30.7 Å². The number of hydrogen-bond donors (Lipinski definition) is 2. The molecule has 0 radical (unpaired) electrons. The van der Waals surface area contributed by atoms with Gasteiger partial charge in [0.2, 0.25) is 5.91 Å². The van der Waals surface area contributed by atoms with Crippen LogP contribution in [0.4, 0.5) is 0 Å². The maximum atomic E-state index is 12.8. The van der Waals surface area contributed by atoms with E-state index in [1.807, 2.05) is 0 Å². The minimum Gasteiger partial charge on any atom is -0.352 e. The van der Waals surface area contributed by atoms with Gasteiger partial charge in [0.25, 0.3) is 5.91 Å². The van der Waals surface area contributed by atoms with Gasteiger partial charge in [-0.25, -0.2) is 8.42 Å². The molecule has 2 N–H and O–H groups in total. The summed E-state index contributed by atoms with van der Waals surface area (Å²) in [5, 5.41) is 12.0. The summed E-state index contributed by atoms with van der Waals surface area (Å²) in [6.45, 7) is -0.333. The second kappa shape index (κ2) is 9.45. The molecule has 1 atom stereocenters. The van der Waals surface area contributed by atoms with E-state index in [4.69, 9.17) is 5.26 Å². The smallest absolute Gasteiger partial charge is 0.251 e. The summed E-state index contributed by atoms with van der Waals surface area (Å²) in [5.41, 5.74) is 0.431. The minimum absolute atomic E-state index is 0.0251. The molecule has 0 aliphatic carbocycles. The Morgan fingerprint density at radius 2 is 1.74 bits per heavy atom. The van der Waals surface area contributed by atoms with Crippen LogP contribution in [0.15, 0.2) is 59.8 Å². The minimum atomic E-state index is -4.01. The van der Waals surface area contributed by atoms with Crippen LogP contribution in [0.25, 0.3) is 0 Å². The van der Waals surface area contributed by atoms with Crippen LogP contribution < -0.4 is 10.6 Å². The summed E-state index contributed by atoms with van der Waals surface area (Å²) in [5.74, 6) is -1.16. The molecular weight excluding hydrogens is 368 g/mol. The number of carbonyl (C=O) groups is 2. The third-order valence-electron chi connectivity index (χ3n) is 3.72. The van der Waals surface area contributed by atoms with Crippen LogP contribution >= 0.6 is 0 Å². The van der Waals surface area contributed by atoms with Crippen LogP contribution in [0.1, 0.15) is 16.8 Å². The highest BCUT2D eigenvalue weighted by Crippen LogP contribution is 2.18. The van der Waals surface area contributed by atoms with Gasteiger partial charge in [0, 0.05) is 24.5 Å². The van der Waals surface area contributed by atoms with Gasteiger partial charge >= 0.3 is 0 Å². The number of nitrogens with zero attached hydrogens (tertiary/aromatic N) is 2. The van der Waals surface area contributed by atoms with Gasteiger partial charge in [0.1, 0.15) is 11.8 Å². The number of carbonyl (C=O) groups excluding carboxylic acids is 2. The summed E-state index contributed by atoms with van der Waals surface area (Å²) >= 11 is 0.